The molecule has 0 radical (unpaired) electrons. The normalized spacial score (nSPS) is 16.2. The van der Waals surface area contributed by atoms with Gasteiger partial charge in [-0.3, -0.25) is 9.59 Å². The molecule has 9 heteroatoms. The molecule has 0 N–H and O–H groups in total. The summed E-state index contributed by atoms with van der Waals surface area (Å²) in [6.45, 7) is 14.1. The van der Waals surface area contributed by atoms with E-state index in [1.165, 1.54) is 22.8 Å². The van der Waals surface area contributed by atoms with Crippen molar-refractivity contribution in [2.45, 2.75) is 65.4 Å². The topological polar surface area (TPSA) is 92.0 Å². The van der Waals surface area contributed by atoms with E-state index in [1.54, 1.807) is 0 Å². The number of fused-ring (bicyclic) bond motifs is 2. The van der Waals surface area contributed by atoms with Crippen molar-refractivity contribution in [2.24, 2.45) is 0 Å². The molecule has 0 saturated heterocycles. The Labute approximate surface area is 224 Å². The molecule has 0 aliphatic carbocycles. The summed E-state index contributed by atoms with van der Waals surface area (Å²) in [7, 11) is 0. The summed E-state index contributed by atoms with van der Waals surface area (Å²) in [4.78, 5) is 30.3. The molecule has 0 saturated carbocycles. The van der Waals surface area contributed by atoms with E-state index in [2.05, 4.69) is 51.6 Å². The van der Waals surface area contributed by atoms with Crippen LogP contribution in [0.15, 0.2) is 41.2 Å². The molecule has 5 rings (SSSR count). The molecule has 2 aromatic carbocycles. The van der Waals surface area contributed by atoms with Crippen molar-refractivity contribution < 1.29 is 19.0 Å². The van der Waals surface area contributed by atoms with Crippen molar-refractivity contribution in [2.75, 3.05) is 6.61 Å². The molecular weight excluding hydrogens is 502 g/mol. The number of hydrogen-bond acceptors (Lipinski definition) is 8. The van der Waals surface area contributed by atoms with Crippen molar-refractivity contribution in [3.8, 4) is 17.2 Å². The first-order valence-electron chi connectivity index (χ1n) is 12.5. The Morgan fingerprint density at radius 3 is 2.29 bits per heavy atom. The number of carbonyl (C=O) groups excluding carboxylic acids is 1. The summed E-state index contributed by atoms with van der Waals surface area (Å²) in [6, 6.07) is 11.4. The average molecular weight is 534 g/mol. The van der Waals surface area contributed by atoms with Crippen LogP contribution in [0.2, 0.25) is 0 Å². The van der Waals surface area contributed by atoms with Gasteiger partial charge in [0, 0.05) is 18.1 Å². The molecular formula is C29H31N3O5S. The van der Waals surface area contributed by atoms with E-state index in [9.17, 15) is 9.59 Å². The number of esters is 1. The second-order valence-electron chi connectivity index (χ2n) is 11.5. The lowest BCUT2D eigenvalue weighted by atomic mass is 9.78. The quantitative estimate of drug-likeness (QED) is 0.278. The molecule has 38 heavy (non-hydrogen) atoms. The lowest BCUT2D eigenvalue weighted by molar-refractivity contribution is -0.132. The number of benzene rings is 2. The van der Waals surface area contributed by atoms with Crippen LogP contribution in [0.1, 0.15) is 77.1 Å². The minimum absolute atomic E-state index is 0.250. The maximum Gasteiger partial charge on any atom is 0.308 e. The van der Waals surface area contributed by atoms with Crippen LogP contribution in [0.25, 0.3) is 11.0 Å². The van der Waals surface area contributed by atoms with Crippen molar-refractivity contribution >= 4 is 28.3 Å². The maximum atomic E-state index is 13.3. The first-order valence-corrected chi connectivity index (χ1v) is 13.3. The van der Waals surface area contributed by atoms with Gasteiger partial charge in [-0.05, 0) is 46.7 Å². The van der Waals surface area contributed by atoms with Crippen molar-refractivity contribution in [3.05, 3.63) is 73.8 Å². The fourth-order valence-corrected chi connectivity index (χ4v) is 5.30. The number of aromatic nitrogens is 3. The molecule has 0 amide bonds. The van der Waals surface area contributed by atoms with Gasteiger partial charge in [0.05, 0.1) is 4.53 Å². The van der Waals surface area contributed by atoms with Crippen LogP contribution in [0.3, 0.4) is 0 Å². The Morgan fingerprint density at radius 1 is 1.08 bits per heavy atom. The third kappa shape index (κ3) is 4.90. The molecule has 1 atom stereocenters. The minimum atomic E-state index is -0.499. The molecule has 1 unspecified atom stereocenters. The van der Waals surface area contributed by atoms with Crippen molar-refractivity contribution in [1.29, 1.82) is 0 Å². The molecule has 4 aromatic rings. The Balaban J connectivity index is 1.57. The van der Waals surface area contributed by atoms with Crippen LogP contribution in [0.5, 0.6) is 17.2 Å². The first-order chi connectivity index (χ1) is 17.8. The minimum Gasteiger partial charge on any atom is -0.485 e. The highest BCUT2D eigenvalue weighted by molar-refractivity contribution is 7.15. The van der Waals surface area contributed by atoms with Gasteiger partial charge in [0.2, 0.25) is 4.96 Å². The lowest BCUT2D eigenvalue weighted by Crippen LogP contribution is -2.26. The largest absolute Gasteiger partial charge is 0.485 e. The second kappa shape index (κ2) is 9.23. The lowest BCUT2D eigenvalue weighted by Gasteiger charge is -2.29. The van der Waals surface area contributed by atoms with E-state index in [0.29, 0.717) is 32.6 Å². The molecule has 1 aliphatic heterocycles. The fraction of sp³-hybridized carbons (Fsp3) is 0.379. The monoisotopic (exact) mass is 533 g/mol. The first kappa shape index (κ1) is 25.9. The van der Waals surface area contributed by atoms with Crippen molar-refractivity contribution in [3.63, 3.8) is 0 Å². The summed E-state index contributed by atoms with van der Waals surface area (Å²) >= 11 is 1.27. The zero-order valence-electron chi connectivity index (χ0n) is 22.6. The predicted octanol–water partition coefficient (Wildman–Crippen LogP) is 4.73. The van der Waals surface area contributed by atoms with Gasteiger partial charge in [-0.25, -0.2) is 0 Å². The smallest absolute Gasteiger partial charge is 0.308 e. The third-order valence-electron chi connectivity index (χ3n) is 6.27. The molecule has 0 bridgehead atoms. The van der Waals surface area contributed by atoms with E-state index in [-0.39, 0.29) is 29.0 Å². The number of nitrogens with zero attached hydrogens (tertiary/aromatic N) is 3. The molecule has 2 aromatic heterocycles. The zero-order chi connectivity index (χ0) is 27.4. The van der Waals surface area contributed by atoms with Gasteiger partial charge in [0.25, 0.3) is 5.56 Å². The highest BCUT2D eigenvalue weighted by atomic mass is 32.1. The summed E-state index contributed by atoms with van der Waals surface area (Å²) in [5.74, 6) is 1.93. The number of hydrogen-bond donors (Lipinski definition) is 0. The number of para-hydroxylation sites is 2. The number of rotatable bonds is 3. The number of thiazole rings is 1. The van der Waals surface area contributed by atoms with Crippen LogP contribution in [0, 0.1) is 0 Å². The molecule has 3 heterocycles. The summed E-state index contributed by atoms with van der Waals surface area (Å²) in [5, 5.41) is 4.45. The maximum absolute atomic E-state index is 13.3. The van der Waals surface area contributed by atoms with E-state index in [4.69, 9.17) is 14.2 Å². The van der Waals surface area contributed by atoms with Crippen molar-refractivity contribution in [1.82, 2.24) is 14.6 Å². The summed E-state index contributed by atoms with van der Waals surface area (Å²) < 4.78 is 19.3. The molecule has 8 nitrogen and oxygen atoms in total. The van der Waals surface area contributed by atoms with Gasteiger partial charge in [0.15, 0.2) is 23.4 Å². The van der Waals surface area contributed by atoms with Gasteiger partial charge in [-0.15, -0.1) is 5.10 Å². The van der Waals surface area contributed by atoms with Crippen LogP contribution < -0.4 is 24.3 Å². The van der Waals surface area contributed by atoms with Gasteiger partial charge >= 0.3 is 5.97 Å². The molecule has 0 spiro atoms. The third-order valence-corrected chi connectivity index (χ3v) is 7.22. The van der Waals surface area contributed by atoms with Crippen LogP contribution in [-0.4, -0.2) is 27.2 Å². The Morgan fingerprint density at radius 2 is 1.71 bits per heavy atom. The molecule has 1 aliphatic rings. The van der Waals surface area contributed by atoms with E-state index >= 15 is 0 Å². The number of carbonyl (C=O) groups is 1. The second-order valence-corrected chi connectivity index (χ2v) is 12.5. The van der Waals surface area contributed by atoms with Gasteiger partial charge in [-0.2, -0.15) is 9.50 Å². The standard InChI is InChI=1S/C29H31N3O5S/c1-16(33)36-24-18(28(2,3)4)12-17(13-19(24)29(5,6)7)14-23-26(34)32-27(38-23)30-25(31-32)22-15-35-20-10-8-9-11-21(20)37-22/h8-14,22H,15H2,1-7H3/b23-14-. The Bertz CT molecular complexity index is 1620. The van der Waals surface area contributed by atoms with Crippen LogP contribution in [0.4, 0.5) is 0 Å². The van der Waals surface area contributed by atoms with E-state index in [1.807, 2.05) is 42.5 Å². The molecule has 0 fully saturated rings. The Kier molecular flexibility index (Phi) is 6.30. The van der Waals surface area contributed by atoms with Crippen LogP contribution in [-0.2, 0) is 15.6 Å². The van der Waals surface area contributed by atoms with Gasteiger partial charge in [-0.1, -0.05) is 65.0 Å². The Hall–Kier alpha value is -3.72. The average Bonchev–Trinajstić information content (AvgIpc) is 3.37. The predicted molar refractivity (Wildman–Crippen MR) is 146 cm³/mol. The van der Waals surface area contributed by atoms with Crippen LogP contribution >= 0.6 is 11.3 Å². The molecule has 198 valence electrons. The zero-order valence-corrected chi connectivity index (χ0v) is 23.4. The summed E-state index contributed by atoms with van der Waals surface area (Å²) in [6.07, 6.45) is 1.35. The highest BCUT2D eigenvalue weighted by Gasteiger charge is 2.29. The SMILES string of the molecule is CC(=O)Oc1c(C(C)(C)C)cc(/C=c2\sc3nc(C4COc5ccccc5O4)nn3c2=O)cc1C(C)(C)C. The summed E-state index contributed by atoms with van der Waals surface area (Å²) in [5.41, 5.74) is 1.80. The number of ether oxygens (including phenoxy) is 3. The van der Waals surface area contributed by atoms with Gasteiger partial charge in [0.1, 0.15) is 12.4 Å². The highest BCUT2D eigenvalue weighted by Crippen LogP contribution is 2.41. The van der Waals surface area contributed by atoms with Gasteiger partial charge < -0.3 is 14.2 Å². The van der Waals surface area contributed by atoms with E-state index in [0.717, 1.165) is 16.7 Å². The van der Waals surface area contributed by atoms with E-state index < -0.39 is 6.10 Å². The fourth-order valence-electron chi connectivity index (χ4n) is 4.39.